The quantitative estimate of drug-likeness (QED) is 0.413. The van der Waals surface area contributed by atoms with Gasteiger partial charge in [0, 0.05) is 23.8 Å². The van der Waals surface area contributed by atoms with E-state index in [0.717, 1.165) is 22.1 Å². The van der Waals surface area contributed by atoms with Gasteiger partial charge in [0.05, 0.1) is 0 Å². The van der Waals surface area contributed by atoms with Crippen molar-refractivity contribution in [2.24, 2.45) is 0 Å². The van der Waals surface area contributed by atoms with Crippen molar-refractivity contribution in [2.75, 3.05) is 0 Å². The van der Waals surface area contributed by atoms with E-state index >= 15 is 0 Å². The molecule has 4 aromatic carbocycles. The van der Waals surface area contributed by atoms with Crippen LogP contribution in [0.15, 0.2) is 72.8 Å². The highest BCUT2D eigenvalue weighted by Crippen LogP contribution is 2.38. The second kappa shape index (κ2) is 7.16. The Hall–Kier alpha value is -3.66. The summed E-state index contributed by atoms with van der Waals surface area (Å²) in [5, 5.41) is 42.2. The molecular weight excluding hydrogens is 352 g/mol. The molecule has 0 aliphatic rings. The molecule has 0 spiro atoms. The summed E-state index contributed by atoms with van der Waals surface area (Å²) in [6, 6.07) is 20.9. The number of rotatable bonds is 4. The molecule has 0 aliphatic carbocycles. The molecule has 4 nitrogen and oxygen atoms in total. The molecule has 4 heteroatoms. The molecule has 0 radical (unpaired) electrons. The van der Waals surface area contributed by atoms with Crippen molar-refractivity contribution in [3.05, 3.63) is 95.1 Å². The third-order valence-electron chi connectivity index (χ3n) is 4.92. The lowest BCUT2D eigenvalue weighted by atomic mass is 9.91. The lowest BCUT2D eigenvalue weighted by molar-refractivity contribution is 0.461. The van der Waals surface area contributed by atoms with Gasteiger partial charge in [-0.3, -0.25) is 0 Å². The molecule has 0 saturated carbocycles. The Morgan fingerprint density at radius 3 is 2.11 bits per heavy atom. The van der Waals surface area contributed by atoms with E-state index in [2.05, 4.69) is 0 Å². The predicted octanol–water partition coefficient (Wildman–Crippen LogP) is 4.84. The maximum absolute atomic E-state index is 11.0. The van der Waals surface area contributed by atoms with Crippen LogP contribution in [-0.4, -0.2) is 20.4 Å². The summed E-state index contributed by atoms with van der Waals surface area (Å²) in [5.41, 5.74) is 3.14. The van der Waals surface area contributed by atoms with Crippen molar-refractivity contribution < 1.29 is 20.4 Å². The maximum Gasteiger partial charge on any atom is 0.123 e. The predicted molar refractivity (Wildman–Crippen MR) is 109 cm³/mol. The van der Waals surface area contributed by atoms with Gasteiger partial charge >= 0.3 is 0 Å². The van der Waals surface area contributed by atoms with Crippen LogP contribution in [0.25, 0.3) is 10.8 Å². The Morgan fingerprint density at radius 2 is 1.36 bits per heavy atom. The molecule has 4 N–H and O–H groups in total. The highest BCUT2D eigenvalue weighted by Gasteiger charge is 2.16. The van der Waals surface area contributed by atoms with Gasteiger partial charge in [-0.2, -0.15) is 0 Å². The van der Waals surface area contributed by atoms with Crippen molar-refractivity contribution >= 4 is 10.8 Å². The molecule has 4 aromatic rings. The number of hydrogen-bond donors (Lipinski definition) is 4. The van der Waals surface area contributed by atoms with E-state index in [4.69, 9.17) is 0 Å². The highest BCUT2D eigenvalue weighted by molar-refractivity contribution is 5.94. The first-order valence-corrected chi connectivity index (χ1v) is 9.02. The number of fused-ring (bicyclic) bond motifs is 1. The molecule has 0 saturated heterocycles. The van der Waals surface area contributed by atoms with Gasteiger partial charge in [-0.1, -0.05) is 36.4 Å². The van der Waals surface area contributed by atoms with Gasteiger partial charge in [0.1, 0.15) is 23.0 Å². The lowest BCUT2D eigenvalue weighted by Crippen LogP contribution is -1.97. The first-order chi connectivity index (χ1) is 13.5. The summed E-state index contributed by atoms with van der Waals surface area (Å²) in [5.74, 6) is 0.606. The fraction of sp³-hybridized carbons (Fsp3) is 0.0833. The summed E-state index contributed by atoms with van der Waals surface area (Å²) < 4.78 is 0. The molecule has 28 heavy (non-hydrogen) atoms. The van der Waals surface area contributed by atoms with Crippen LogP contribution in [0.3, 0.4) is 0 Å². The van der Waals surface area contributed by atoms with E-state index in [1.807, 2.05) is 18.2 Å². The first kappa shape index (κ1) is 17.7. The molecule has 0 aromatic heterocycles. The van der Waals surface area contributed by atoms with E-state index in [1.54, 1.807) is 54.6 Å². The average molecular weight is 372 g/mol. The smallest absolute Gasteiger partial charge is 0.123 e. The second-order valence-corrected chi connectivity index (χ2v) is 6.93. The van der Waals surface area contributed by atoms with Crippen LogP contribution in [0, 0.1) is 0 Å². The van der Waals surface area contributed by atoms with E-state index in [1.165, 1.54) is 0 Å². The van der Waals surface area contributed by atoms with Crippen LogP contribution in [0.2, 0.25) is 0 Å². The normalized spacial score (nSPS) is 11.0. The number of phenols is 4. The molecule has 0 bridgehead atoms. The van der Waals surface area contributed by atoms with Crippen LogP contribution in [0.4, 0.5) is 0 Å². The van der Waals surface area contributed by atoms with Crippen LogP contribution < -0.4 is 0 Å². The van der Waals surface area contributed by atoms with Crippen molar-refractivity contribution in [1.29, 1.82) is 0 Å². The fourth-order valence-corrected chi connectivity index (χ4v) is 3.59. The summed E-state index contributed by atoms with van der Waals surface area (Å²) in [6.45, 7) is 0. The van der Waals surface area contributed by atoms with Crippen LogP contribution in [-0.2, 0) is 12.8 Å². The topological polar surface area (TPSA) is 80.9 Å². The largest absolute Gasteiger partial charge is 0.508 e. The van der Waals surface area contributed by atoms with E-state index < -0.39 is 0 Å². The summed E-state index contributed by atoms with van der Waals surface area (Å²) in [4.78, 5) is 0. The zero-order chi connectivity index (χ0) is 19.7. The van der Waals surface area contributed by atoms with Gasteiger partial charge < -0.3 is 20.4 Å². The number of benzene rings is 4. The molecule has 140 valence electrons. The molecule has 0 amide bonds. The van der Waals surface area contributed by atoms with Gasteiger partial charge in [0.2, 0.25) is 0 Å². The molecule has 0 aliphatic heterocycles. The van der Waals surface area contributed by atoms with Crippen molar-refractivity contribution in [3.63, 3.8) is 0 Å². The monoisotopic (exact) mass is 372 g/mol. The van der Waals surface area contributed by atoms with Crippen molar-refractivity contribution in [2.45, 2.75) is 12.8 Å². The van der Waals surface area contributed by atoms with Gasteiger partial charge in [-0.15, -0.1) is 0 Å². The Balaban J connectivity index is 1.85. The molecular formula is C24H20O4. The molecule has 0 fully saturated rings. The fourth-order valence-electron chi connectivity index (χ4n) is 3.59. The summed E-state index contributed by atoms with van der Waals surface area (Å²) >= 11 is 0. The number of phenolic OH excluding ortho intramolecular Hbond substituents is 4. The third kappa shape index (κ3) is 3.45. The van der Waals surface area contributed by atoms with E-state index in [0.29, 0.717) is 23.8 Å². The summed E-state index contributed by atoms with van der Waals surface area (Å²) in [7, 11) is 0. The zero-order valence-electron chi connectivity index (χ0n) is 15.1. The molecule has 0 atom stereocenters. The standard InChI is InChI=1S/C24H20O4/c25-19-9-7-15(8-10-19)13-21-23-17(4-2-6-22(23)27)14-18(24(21)28)11-16-3-1-5-20(26)12-16/h1-10,12,14,25-28H,11,13H2. The van der Waals surface area contributed by atoms with Crippen LogP contribution in [0.1, 0.15) is 22.3 Å². The van der Waals surface area contributed by atoms with Gasteiger partial charge in [-0.25, -0.2) is 0 Å². The lowest BCUT2D eigenvalue weighted by Gasteiger charge is -2.15. The van der Waals surface area contributed by atoms with Crippen molar-refractivity contribution in [1.82, 2.24) is 0 Å². The van der Waals surface area contributed by atoms with Crippen LogP contribution >= 0.6 is 0 Å². The maximum atomic E-state index is 11.0. The Bertz CT molecular complexity index is 1150. The van der Waals surface area contributed by atoms with Gasteiger partial charge in [-0.05, 0) is 58.5 Å². The highest BCUT2D eigenvalue weighted by atomic mass is 16.3. The molecule has 4 rings (SSSR count). The molecule has 0 heterocycles. The first-order valence-electron chi connectivity index (χ1n) is 9.02. The van der Waals surface area contributed by atoms with E-state index in [9.17, 15) is 20.4 Å². The molecule has 0 unspecified atom stereocenters. The van der Waals surface area contributed by atoms with Crippen LogP contribution in [0.5, 0.6) is 23.0 Å². The van der Waals surface area contributed by atoms with E-state index in [-0.39, 0.29) is 23.0 Å². The number of hydrogen-bond acceptors (Lipinski definition) is 4. The minimum Gasteiger partial charge on any atom is -0.508 e. The zero-order valence-corrected chi connectivity index (χ0v) is 15.1. The SMILES string of the molecule is Oc1ccc(Cc2c(O)c(Cc3cccc(O)c3)cc3cccc(O)c23)cc1. The Labute approximate surface area is 162 Å². The minimum atomic E-state index is 0.116. The van der Waals surface area contributed by atoms with Gasteiger partial charge in [0.15, 0.2) is 0 Å². The van der Waals surface area contributed by atoms with Gasteiger partial charge in [0.25, 0.3) is 0 Å². The average Bonchev–Trinajstić information content (AvgIpc) is 2.67. The number of aromatic hydroxyl groups is 4. The Kier molecular flexibility index (Phi) is 4.53. The minimum absolute atomic E-state index is 0.116. The third-order valence-corrected chi connectivity index (χ3v) is 4.92. The van der Waals surface area contributed by atoms with Crippen molar-refractivity contribution in [3.8, 4) is 23.0 Å². The Morgan fingerprint density at radius 1 is 0.607 bits per heavy atom. The summed E-state index contributed by atoms with van der Waals surface area (Å²) in [6.07, 6.45) is 0.864. The second-order valence-electron chi connectivity index (χ2n) is 6.93.